The van der Waals surface area contributed by atoms with Gasteiger partial charge in [-0.1, -0.05) is 42.0 Å². The summed E-state index contributed by atoms with van der Waals surface area (Å²) in [5.41, 5.74) is 4.47. The van der Waals surface area contributed by atoms with Crippen LogP contribution in [0.5, 0.6) is 0 Å². The number of hydrogen-bond acceptors (Lipinski definition) is 6. The minimum Gasteiger partial charge on any atom is -0.339 e. The monoisotopic (exact) mass is 563 g/mol. The number of hydrogen-bond donors (Lipinski definition) is 0. The van der Waals surface area contributed by atoms with E-state index in [1.165, 1.54) is 11.8 Å². The third-order valence-electron chi connectivity index (χ3n) is 8.63. The summed E-state index contributed by atoms with van der Waals surface area (Å²) in [6.45, 7) is 5.63. The molecule has 2 aliphatic heterocycles. The first kappa shape index (κ1) is 29.2. The summed E-state index contributed by atoms with van der Waals surface area (Å²) in [5, 5.41) is 8.99. The van der Waals surface area contributed by atoms with Crippen LogP contribution in [0.15, 0.2) is 66.9 Å². The highest BCUT2D eigenvalue weighted by molar-refractivity contribution is 5.98. The van der Waals surface area contributed by atoms with Gasteiger partial charge in [0, 0.05) is 63.5 Å². The highest BCUT2D eigenvalue weighted by Gasteiger charge is 2.30. The Kier molecular flexibility index (Phi) is 9.09. The topological polar surface area (TPSA) is 97.6 Å². The van der Waals surface area contributed by atoms with Crippen molar-refractivity contribution in [3.63, 3.8) is 0 Å². The lowest BCUT2D eigenvalue weighted by Crippen LogP contribution is -2.45. The number of aryl methyl sites for hydroxylation is 1. The fourth-order valence-electron chi connectivity index (χ4n) is 5.88. The van der Waals surface area contributed by atoms with Crippen LogP contribution in [0.1, 0.15) is 73.6 Å². The molecule has 2 fully saturated rings. The zero-order valence-electron chi connectivity index (χ0n) is 24.3. The maximum atomic E-state index is 13.2. The fourth-order valence-corrected chi connectivity index (χ4v) is 5.88. The molecule has 216 valence electrons. The number of carbonyl (C=O) groups is 3. The number of Topliss-reactive ketones (excluding diaryl/α,β-unsaturated/α-hetero) is 1. The Bertz CT molecular complexity index is 1450. The van der Waals surface area contributed by atoms with Crippen molar-refractivity contribution in [2.24, 2.45) is 5.92 Å². The van der Waals surface area contributed by atoms with E-state index in [0.717, 1.165) is 43.6 Å². The summed E-state index contributed by atoms with van der Waals surface area (Å²) >= 11 is 0. The number of nitrogens with zero attached hydrogens (tertiary/aromatic N) is 5. The molecule has 42 heavy (non-hydrogen) atoms. The van der Waals surface area contributed by atoms with Crippen molar-refractivity contribution < 1.29 is 14.4 Å². The van der Waals surface area contributed by atoms with E-state index < -0.39 is 0 Å². The highest BCUT2D eigenvalue weighted by Crippen LogP contribution is 2.24. The van der Waals surface area contributed by atoms with Crippen LogP contribution in [-0.4, -0.2) is 76.5 Å². The summed E-state index contributed by atoms with van der Waals surface area (Å²) in [4.78, 5) is 49.5. The van der Waals surface area contributed by atoms with Crippen molar-refractivity contribution in [3.8, 4) is 6.07 Å². The Morgan fingerprint density at radius 1 is 0.881 bits per heavy atom. The van der Waals surface area contributed by atoms with E-state index in [2.05, 4.69) is 16.0 Å². The molecule has 2 aliphatic rings. The summed E-state index contributed by atoms with van der Waals surface area (Å²) < 4.78 is 0. The van der Waals surface area contributed by atoms with Gasteiger partial charge in [-0.15, -0.1) is 0 Å². The summed E-state index contributed by atoms with van der Waals surface area (Å²) in [7, 11) is 1.84. The maximum Gasteiger partial charge on any atom is 0.272 e. The first-order chi connectivity index (χ1) is 20.3. The lowest BCUT2D eigenvalue weighted by atomic mass is 9.88. The summed E-state index contributed by atoms with van der Waals surface area (Å²) in [6.07, 6.45) is 4.52. The summed E-state index contributed by atoms with van der Waals surface area (Å²) in [5.74, 6) is -0.201. The maximum absolute atomic E-state index is 13.2. The van der Waals surface area contributed by atoms with Crippen molar-refractivity contribution in [1.82, 2.24) is 19.7 Å². The normalized spacial score (nSPS) is 16.5. The molecule has 5 rings (SSSR count). The number of rotatable bonds is 7. The van der Waals surface area contributed by atoms with Gasteiger partial charge in [0.1, 0.15) is 5.69 Å². The van der Waals surface area contributed by atoms with Crippen molar-refractivity contribution in [1.29, 1.82) is 5.26 Å². The average molecular weight is 564 g/mol. The second-order valence-corrected chi connectivity index (χ2v) is 11.5. The molecular weight excluding hydrogens is 526 g/mol. The van der Waals surface area contributed by atoms with E-state index in [4.69, 9.17) is 5.26 Å². The second-order valence-electron chi connectivity index (χ2n) is 11.5. The molecule has 3 aromatic rings. The van der Waals surface area contributed by atoms with E-state index in [-0.39, 0.29) is 29.6 Å². The van der Waals surface area contributed by atoms with Crippen LogP contribution in [0.3, 0.4) is 0 Å². The Labute approximate surface area is 247 Å². The molecule has 0 radical (unpaired) electrons. The number of aromatic nitrogens is 1. The Balaban J connectivity index is 1.10. The Morgan fingerprint density at radius 2 is 1.52 bits per heavy atom. The largest absolute Gasteiger partial charge is 0.339 e. The van der Waals surface area contributed by atoms with E-state index in [1.807, 2.05) is 62.5 Å². The highest BCUT2D eigenvalue weighted by atomic mass is 16.2. The molecule has 0 atom stereocenters. The number of nitriles is 1. The third kappa shape index (κ3) is 6.75. The molecule has 8 heteroatoms. The molecular formula is C34H37N5O3. The van der Waals surface area contributed by atoms with Gasteiger partial charge in [0.2, 0.25) is 0 Å². The van der Waals surface area contributed by atoms with Gasteiger partial charge in [-0.25, -0.2) is 0 Å². The van der Waals surface area contributed by atoms with Gasteiger partial charge in [-0.3, -0.25) is 24.3 Å². The van der Waals surface area contributed by atoms with Gasteiger partial charge in [0.05, 0.1) is 17.2 Å². The molecule has 0 bridgehead atoms. The first-order valence-electron chi connectivity index (χ1n) is 14.7. The number of benzene rings is 2. The molecule has 0 aliphatic carbocycles. The number of ketones is 1. The van der Waals surface area contributed by atoms with Crippen LogP contribution in [-0.2, 0) is 6.54 Å². The number of amides is 2. The minimum absolute atomic E-state index is 0.0805. The van der Waals surface area contributed by atoms with Crippen molar-refractivity contribution in [2.75, 3.05) is 33.2 Å². The van der Waals surface area contributed by atoms with Crippen LogP contribution >= 0.6 is 0 Å². The molecule has 2 amide bonds. The number of likely N-dealkylation sites (tertiary alicyclic amines) is 2. The summed E-state index contributed by atoms with van der Waals surface area (Å²) in [6, 6.07) is 21.0. The zero-order valence-corrected chi connectivity index (χ0v) is 24.3. The van der Waals surface area contributed by atoms with Crippen molar-refractivity contribution >= 4 is 17.6 Å². The lowest BCUT2D eigenvalue weighted by Gasteiger charge is -2.36. The second kappa shape index (κ2) is 13.1. The molecule has 0 saturated carbocycles. The number of carbonyl (C=O) groups excluding carboxylic acids is 3. The average Bonchev–Trinajstić information content (AvgIpc) is 3.04. The molecule has 2 aromatic carbocycles. The van der Waals surface area contributed by atoms with Crippen LogP contribution in [0.2, 0.25) is 0 Å². The van der Waals surface area contributed by atoms with Gasteiger partial charge >= 0.3 is 0 Å². The predicted molar refractivity (Wildman–Crippen MR) is 160 cm³/mol. The predicted octanol–water partition coefficient (Wildman–Crippen LogP) is 4.73. The number of pyridine rings is 1. The molecule has 8 nitrogen and oxygen atoms in total. The van der Waals surface area contributed by atoms with E-state index in [0.29, 0.717) is 42.8 Å². The van der Waals surface area contributed by atoms with Crippen LogP contribution < -0.4 is 0 Å². The molecule has 3 heterocycles. The van der Waals surface area contributed by atoms with Gasteiger partial charge < -0.3 is 9.80 Å². The standard InChI is InChI=1S/C34H37N5O3/c1-24-3-9-27(10-4-24)32(40)28-13-19-39(20-14-28)34(42)31-12-11-29(22-36-31)33(41)37(2)30-15-17-38(18-16-30)23-26-7-5-25(21-35)6-8-26/h3-12,22,28,30H,13-20,23H2,1-2H3. The lowest BCUT2D eigenvalue weighted by molar-refractivity contribution is 0.0630. The van der Waals surface area contributed by atoms with Gasteiger partial charge in [-0.2, -0.15) is 5.26 Å². The minimum atomic E-state index is -0.168. The fraction of sp³-hybridized carbons (Fsp3) is 0.382. The van der Waals surface area contributed by atoms with Crippen molar-refractivity contribution in [3.05, 3.63) is 100 Å². The smallest absolute Gasteiger partial charge is 0.272 e. The molecule has 0 N–H and O–H groups in total. The van der Waals surface area contributed by atoms with Gasteiger partial charge in [0.25, 0.3) is 11.8 Å². The number of piperidine rings is 2. The van der Waals surface area contributed by atoms with E-state index in [9.17, 15) is 14.4 Å². The van der Waals surface area contributed by atoms with Crippen LogP contribution in [0, 0.1) is 24.2 Å². The molecule has 0 spiro atoms. The first-order valence-corrected chi connectivity index (χ1v) is 14.7. The Morgan fingerprint density at radius 3 is 2.12 bits per heavy atom. The Hall–Kier alpha value is -4.35. The van der Waals surface area contributed by atoms with Crippen molar-refractivity contribution in [2.45, 2.75) is 45.2 Å². The SMILES string of the molecule is Cc1ccc(C(=O)C2CCN(C(=O)c3ccc(C(=O)N(C)C4CCN(Cc5ccc(C#N)cc5)CC4)cn3)CC2)cc1. The van der Waals surface area contributed by atoms with E-state index >= 15 is 0 Å². The third-order valence-corrected chi connectivity index (χ3v) is 8.63. The van der Waals surface area contributed by atoms with Gasteiger partial charge in [-0.05, 0) is 62.4 Å². The van der Waals surface area contributed by atoms with Crippen LogP contribution in [0.4, 0.5) is 0 Å². The van der Waals surface area contributed by atoms with Crippen LogP contribution in [0.25, 0.3) is 0 Å². The van der Waals surface area contributed by atoms with E-state index in [1.54, 1.807) is 21.9 Å². The quantitative estimate of drug-likeness (QED) is 0.386. The molecule has 0 unspecified atom stereocenters. The van der Waals surface area contributed by atoms with Gasteiger partial charge in [0.15, 0.2) is 5.78 Å². The zero-order chi connectivity index (χ0) is 29.6. The molecule has 1 aromatic heterocycles. The molecule has 2 saturated heterocycles.